The summed E-state index contributed by atoms with van der Waals surface area (Å²) in [6.07, 6.45) is 1.63. The number of aromatic nitrogens is 1. The first-order valence-corrected chi connectivity index (χ1v) is 11.0. The second-order valence-electron chi connectivity index (χ2n) is 6.49. The Bertz CT molecular complexity index is 1210. The number of nitrogens with one attached hydrogen (secondary N) is 2. The van der Waals surface area contributed by atoms with Gasteiger partial charge >= 0.3 is 6.08 Å². The van der Waals surface area contributed by atoms with E-state index in [0.29, 0.717) is 10.8 Å². The molecule has 0 fully saturated rings. The molecular formula is C19H16ClF2N3O5S. The summed E-state index contributed by atoms with van der Waals surface area (Å²) in [5, 5.41) is 2.95. The molecule has 0 saturated heterocycles. The van der Waals surface area contributed by atoms with Crippen molar-refractivity contribution in [2.75, 3.05) is 11.0 Å². The number of halogens is 3. The van der Waals surface area contributed by atoms with Crippen LogP contribution >= 0.6 is 11.6 Å². The van der Waals surface area contributed by atoms with Gasteiger partial charge in [-0.15, -0.1) is 0 Å². The van der Waals surface area contributed by atoms with Gasteiger partial charge in [-0.3, -0.25) is 9.52 Å². The van der Waals surface area contributed by atoms with Crippen LogP contribution in [0.2, 0.25) is 5.02 Å². The number of amides is 1. The molecule has 3 rings (SSSR count). The number of sulfonamides is 1. The molecule has 1 amide bonds. The molecule has 2 aromatic carbocycles. The first-order valence-electron chi connectivity index (χ1n) is 8.68. The van der Waals surface area contributed by atoms with Crippen LogP contribution in [0.4, 0.5) is 14.5 Å². The number of oxazole rings is 1. The van der Waals surface area contributed by atoms with E-state index in [9.17, 15) is 22.0 Å². The van der Waals surface area contributed by atoms with Crippen molar-refractivity contribution in [3.05, 3.63) is 70.6 Å². The maximum absolute atomic E-state index is 14.2. The van der Waals surface area contributed by atoms with Crippen molar-refractivity contribution in [1.82, 2.24) is 10.3 Å². The maximum atomic E-state index is 14.2. The van der Waals surface area contributed by atoms with E-state index in [-0.39, 0.29) is 17.3 Å². The van der Waals surface area contributed by atoms with Crippen molar-refractivity contribution in [3.8, 4) is 11.8 Å². The minimum atomic E-state index is -3.87. The third-order valence-corrected chi connectivity index (χ3v) is 4.73. The van der Waals surface area contributed by atoms with E-state index < -0.39 is 39.3 Å². The lowest BCUT2D eigenvalue weighted by Gasteiger charge is -2.15. The van der Waals surface area contributed by atoms with Gasteiger partial charge in [0.1, 0.15) is 17.7 Å². The van der Waals surface area contributed by atoms with Crippen molar-refractivity contribution in [3.63, 3.8) is 0 Å². The SMILES string of the molecule is C[C@@H](NC(=O)c1coc(Oc2cccc(Cl)c2)n1)c1cc(F)c(NS(C)(=O)=O)c(F)c1. The molecule has 1 atom stereocenters. The van der Waals surface area contributed by atoms with Crippen LogP contribution in [0.15, 0.2) is 47.1 Å². The second-order valence-corrected chi connectivity index (χ2v) is 8.67. The number of hydrogen-bond donors (Lipinski definition) is 2. The van der Waals surface area contributed by atoms with Gasteiger partial charge in [0.05, 0.1) is 12.3 Å². The Labute approximate surface area is 181 Å². The summed E-state index contributed by atoms with van der Waals surface area (Å²) < 4.78 is 63.0. The Morgan fingerprint density at radius 2 is 1.90 bits per heavy atom. The van der Waals surface area contributed by atoms with E-state index in [0.717, 1.165) is 24.7 Å². The molecule has 0 saturated carbocycles. The van der Waals surface area contributed by atoms with Crippen molar-refractivity contribution < 1.29 is 31.1 Å². The third kappa shape index (κ3) is 5.92. The molecule has 3 aromatic rings. The zero-order valence-electron chi connectivity index (χ0n) is 16.1. The number of nitrogens with zero attached hydrogens (tertiary/aromatic N) is 1. The van der Waals surface area contributed by atoms with Gasteiger partial charge in [-0.2, -0.15) is 4.98 Å². The summed E-state index contributed by atoms with van der Waals surface area (Å²) in [6.45, 7) is 1.49. The first kappa shape index (κ1) is 22.5. The van der Waals surface area contributed by atoms with E-state index in [1.165, 1.54) is 13.0 Å². The van der Waals surface area contributed by atoms with Crippen molar-refractivity contribution in [1.29, 1.82) is 0 Å². The number of anilines is 1. The van der Waals surface area contributed by atoms with E-state index in [1.54, 1.807) is 22.9 Å². The number of carbonyl (C=O) groups excluding carboxylic acids is 1. The highest BCUT2D eigenvalue weighted by molar-refractivity contribution is 7.92. The molecule has 0 unspecified atom stereocenters. The number of benzene rings is 2. The lowest BCUT2D eigenvalue weighted by Crippen LogP contribution is -2.27. The molecule has 1 heterocycles. The van der Waals surface area contributed by atoms with Gasteiger partial charge in [-0.05, 0) is 42.8 Å². The molecule has 0 spiro atoms. The Balaban J connectivity index is 1.70. The Morgan fingerprint density at radius 3 is 2.52 bits per heavy atom. The number of ether oxygens (including phenoxy) is 1. The Hall–Kier alpha value is -3.18. The minimum absolute atomic E-state index is 0.0706. The summed E-state index contributed by atoms with van der Waals surface area (Å²) in [5.41, 5.74) is -0.856. The predicted octanol–water partition coefficient (Wildman–Crippen LogP) is 4.26. The van der Waals surface area contributed by atoms with Crippen LogP contribution in [-0.2, 0) is 10.0 Å². The second kappa shape index (κ2) is 8.90. The van der Waals surface area contributed by atoms with Crippen LogP contribution in [0.25, 0.3) is 0 Å². The summed E-state index contributed by atoms with van der Waals surface area (Å²) in [4.78, 5) is 16.3. The molecule has 0 aliphatic carbocycles. The van der Waals surface area contributed by atoms with Crippen molar-refractivity contribution in [2.45, 2.75) is 13.0 Å². The van der Waals surface area contributed by atoms with Crippen LogP contribution < -0.4 is 14.8 Å². The van der Waals surface area contributed by atoms with E-state index in [1.807, 2.05) is 0 Å². The molecular weight excluding hydrogens is 456 g/mol. The van der Waals surface area contributed by atoms with Crippen molar-refractivity contribution in [2.24, 2.45) is 0 Å². The van der Waals surface area contributed by atoms with Gasteiger partial charge in [0.15, 0.2) is 17.3 Å². The van der Waals surface area contributed by atoms with Gasteiger partial charge in [0, 0.05) is 5.02 Å². The first-order chi connectivity index (χ1) is 14.5. The summed E-state index contributed by atoms with van der Waals surface area (Å²) in [6, 6.07) is 7.45. The van der Waals surface area contributed by atoms with Gasteiger partial charge < -0.3 is 14.5 Å². The third-order valence-electron chi connectivity index (χ3n) is 3.92. The fraction of sp³-hybridized carbons (Fsp3) is 0.158. The van der Waals surface area contributed by atoms with Crippen LogP contribution in [-0.4, -0.2) is 25.6 Å². The standard InChI is InChI=1S/C19H16ClF2N3O5S/c1-10(11-6-14(21)17(15(22)7-11)25-31(2,27)28)23-18(26)16-9-29-19(24-16)30-13-5-3-4-12(20)8-13/h3-10,25H,1-2H3,(H,23,26)/t10-/m1/s1. The molecule has 1 aromatic heterocycles. The zero-order chi connectivity index (χ0) is 22.8. The van der Waals surface area contributed by atoms with E-state index in [4.69, 9.17) is 20.8 Å². The Kier molecular flexibility index (Phi) is 6.46. The molecule has 0 bridgehead atoms. The zero-order valence-corrected chi connectivity index (χ0v) is 17.7. The minimum Gasteiger partial charge on any atom is -0.416 e. The van der Waals surface area contributed by atoms with Gasteiger partial charge in [0.25, 0.3) is 5.91 Å². The van der Waals surface area contributed by atoms with Gasteiger partial charge in [-0.1, -0.05) is 17.7 Å². The molecule has 0 aliphatic rings. The normalized spacial score (nSPS) is 12.3. The monoisotopic (exact) mass is 471 g/mol. The number of rotatable bonds is 7. The summed E-state index contributed by atoms with van der Waals surface area (Å²) >= 11 is 5.86. The summed E-state index contributed by atoms with van der Waals surface area (Å²) in [5.74, 6) is -2.58. The lowest BCUT2D eigenvalue weighted by atomic mass is 10.1. The molecule has 164 valence electrons. The van der Waals surface area contributed by atoms with E-state index >= 15 is 0 Å². The van der Waals surface area contributed by atoms with Crippen LogP contribution in [0.5, 0.6) is 11.8 Å². The fourth-order valence-electron chi connectivity index (χ4n) is 2.52. The molecule has 8 nitrogen and oxygen atoms in total. The highest BCUT2D eigenvalue weighted by Gasteiger charge is 2.20. The fourth-order valence-corrected chi connectivity index (χ4v) is 3.27. The Morgan fingerprint density at radius 1 is 1.23 bits per heavy atom. The highest BCUT2D eigenvalue weighted by Crippen LogP contribution is 2.26. The smallest absolute Gasteiger partial charge is 0.399 e. The average Bonchev–Trinajstić information content (AvgIpc) is 3.12. The van der Waals surface area contributed by atoms with Crippen LogP contribution in [0, 0.1) is 11.6 Å². The van der Waals surface area contributed by atoms with Gasteiger partial charge in [-0.25, -0.2) is 17.2 Å². The molecule has 31 heavy (non-hydrogen) atoms. The van der Waals surface area contributed by atoms with Crippen LogP contribution in [0.3, 0.4) is 0 Å². The largest absolute Gasteiger partial charge is 0.416 e. The molecule has 0 aliphatic heterocycles. The predicted molar refractivity (Wildman–Crippen MR) is 109 cm³/mol. The maximum Gasteiger partial charge on any atom is 0.399 e. The average molecular weight is 472 g/mol. The summed E-state index contributed by atoms with van der Waals surface area (Å²) in [7, 11) is -3.87. The topological polar surface area (TPSA) is 111 Å². The quantitative estimate of drug-likeness (QED) is 0.532. The van der Waals surface area contributed by atoms with Crippen molar-refractivity contribution >= 4 is 33.2 Å². The lowest BCUT2D eigenvalue weighted by molar-refractivity contribution is 0.0934. The van der Waals surface area contributed by atoms with Crippen LogP contribution in [0.1, 0.15) is 29.0 Å². The van der Waals surface area contributed by atoms with E-state index in [2.05, 4.69) is 10.3 Å². The van der Waals surface area contributed by atoms with Gasteiger partial charge in [0.2, 0.25) is 10.0 Å². The molecule has 2 N–H and O–H groups in total. The number of carbonyl (C=O) groups is 1. The molecule has 12 heteroatoms. The highest BCUT2D eigenvalue weighted by atomic mass is 35.5. The molecule has 0 radical (unpaired) electrons. The number of hydrogen-bond acceptors (Lipinski definition) is 6.